The van der Waals surface area contributed by atoms with Crippen LogP contribution in [0.15, 0.2) is 133 Å². The maximum absolute atomic E-state index is 6.16. The Morgan fingerprint density at radius 1 is 0.457 bits per heavy atom. The van der Waals surface area contributed by atoms with Gasteiger partial charge in [0.15, 0.2) is 0 Å². The van der Waals surface area contributed by atoms with Crippen LogP contribution in [0.1, 0.15) is 16.7 Å². The molecule has 170 valence electrons. The van der Waals surface area contributed by atoms with Crippen LogP contribution in [0.2, 0.25) is 10.0 Å². The molecule has 5 aromatic carbocycles. The largest absolute Gasteiger partial charge is 0.0843 e. The van der Waals surface area contributed by atoms with E-state index < -0.39 is 7.92 Å². The molecule has 0 spiro atoms. The first kappa shape index (κ1) is 23.6. The van der Waals surface area contributed by atoms with Gasteiger partial charge in [0.05, 0.1) is 0 Å². The van der Waals surface area contributed by atoms with E-state index in [-0.39, 0.29) is 0 Å². The molecule has 0 unspecified atom stereocenters. The van der Waals surface area contributed by atoms with Crippen molar-refractivity contribution < 1.29 is 0 Å². The van der Waals surface area contributed by atoms with Gasteiger partial charge in [0.2, 0.25) is 0 Å². The first-order valence-electron chi connectivity index (χ1n) is 11.4. The summed E-state index contributed by atoms with van der Waals surface area (Å²) in [5.41, 5.74) is 4.48. The van der Waals surface area contributed by atoms with E-state index in [9.17, 15) is 0 Å². The molecule has 0 nitrogen and oxygen atoms in total. The number of benzene rings is 5. The second-order valence-electron chi connectivity index (χ2n) is 8.17. The van der Waals surface area contributed by atoms with Gasteiger partial charge in [-0.05, 0) is 76.4 Å². The lowest BCUT2D eigenvalue weighted by atomic mass is 9.96. The van der Waals surface area contributed by atoms with Crippen molar-refractivity contribution in [1.82, 2.24) is 0 Å². The molecule has 5 rings (SSSR count). The van der Waals surface area contributed by atoms with Gasteiger partial charge in [-0.1, -0.05) is 132 Å². The van der Waals surface area contributed by atoms with E-state index in [1.807, 2.05) is 24.3 Å². The van der Waals surface area contributed by atoms with Crippen molar-refractivity contribution in [1.29, 1.82) is 0 Å². The average Bonchev–Trinajstić information content (AvgIpc) is 2.91. The van der Waals surface area contributed by atoms with Crippen LogP contribution >= 0.6 is 31.1 Å². The predicted molar refractivity (Wildman–Crippen MR) is 155 cm³/mol. The molecule has 0 amide bonds. The minimum atomic E-state index is -0.624. The standard InChI is InChI=1S/C32H23Cl2P/c33-27-17-13-25(14-18-27)32(26-15-19-28(34)20-16-26)23-24-11-21-31(22-12-24)35(29-7-3-1-4-8-29)30-9-5-2-6-10-30/h1-23H. The van der Waals surface area contributed by atoms with Gasteiger partial charge in [-0.25, -0.2) is 0 Å². The molecule has 0 fully saturated rings. The molecule has 5 aromatic rings. The summed E-state index contributed by atoms with van der Waals surface area (Å²) in [7, 11) is -0.624. The zero-order valence-electron chi connectivity index (χ0n) is 19.0. The van der Waals surface area contributed by atoms with Crippen molar-refractivity contribution in [3.8, 4) is 0 Å². The minimum Gasteiger partial charge on any atom is -0.0843 e. The SMILES string of the molecule is Clc1ccc(C(=Cc2ccc(P(c3ccccc3)c3ccccc3)cc2)c2ccc(Cl)cc2)cc1. The van der Waals surface area contributed by atoms with Gasteiger partial charge in [-0.3, -0.25) is 0 Å². The minimum absolute atomic E-state index is 0.624. The zero-order valence-corrected chi connectivity index (χ0v) is 21.4. The van der Waals surface area contributed by atoms with E-state index in [4.69, 9.17) is 23.2 Å². The molecule has 35 heavy (non-hydrogen) atoms. The first-order valence-corrected chi connectivity index (χ1v) is 13.5. The van der Waals surface area contributed by atoms with Crippen LogP contribution < -0.4 is 15.9 Å². The van der Waals surface area contributed by atoms with Crippen molar-refractivity contribution in [2.45, 2.75) is 0 Å². The summed E-state index contributed by atoms with van der Waals surface area (Å²) in [6.07, 6.45) is 2.23. The van der Waals surface area contributed by atoms with E-state index in [0.29, 0.717) is 0 Å². The second kappa shape index (κ2) is 11.1. The Bertz CT molecular complexity index is 1320. The zero-order chi connectivity index (χ0) is 24.0. The summed E-state index contributed by atoms with van der Waals surface area (Å²) < 4.78 is 0. The van der Waals surface area contributed by atoms with Crippen molar-refractivity contribution in [3.63, 3.8) is 0 Å². The maximum atomic E-state index is 6.16. The first-order chi connectivity index (χ1) is 17.2. The Morgan fingerprint density at radius 3 is 1.29 bits per heavy atom. The van der Waals surface area contributed by atoms with Crippen LogP contribution in [-0.2, 0) is 0 Å². The summed E-state index contributed by atoms with van der Waals surface area (Å²) in [6.45, 7) is 0. The van der Waals surface area contributed by atoms with E-state index in [0.717, 1.165) is 32.3 Å². The molecule has 0 aliphatic carbocycles. The van der Waals surface area contributed by atoms with Crippen LogP contribution in [0.25, 0.3) is 11.6 Å². The normalized spacial score (nSPS) is 10.8. The molecule has 0 saturated carbocycles. The smallest absolute Gasteiger partial charge is 0.0406 e. The van der Waals surface area contributed by atoms with Crippen molar-refractivity contribution in [2.75, 3.05) is 0 Å². The Kier molecular flexibility index (Phi) is 7.45. The third-order valence-corrected chi connectivity index (χ3v) is 8.75. The molecule has 0 radical (unpaired) electrons. The highest BCUT2D eigenvalue weighted by Crippen LogP contribution is 2.33. The van der Waals surface area contributed by atoms with Crippen molar-refractivity contribution in [2.24, 2.45) is 0 Å². The van der Waals surface area contributed by atoms with Gasteiger partial charge in [0.25, 0.3) is 0 Å². The highest BCUT2D eigenvalue weighted by atomic mass is 35.5. The van der Waals surface area contributed by atoms with Crippen LogP contribution in [0.4, 0.5) is 0 Å². The summed E-state index contributed by atoms with van der Waals surface area (Å²) >= 11 is 12.3. The van der Waals surface area contributed by atoms with Gasteiger partial charge in [-0.2, -0.15) is 0 Å². The molecular formula is C32H23Cl2P. The highest BCUT2D eigenvalue weighted by molar-refractivity contribution is 7.79. The van der Waals surface area contributed by atoms with Crippen LogP contribution in [-0.4, -0.2) is 0 Å². The molecule has 0 aliphatic heterocycles. The van der Waals surface area contributed by atoms with Crippen molar-refractivity contribution >= 4 is 58.7 Å². The van der Waals surface area contributed by atoms with Crippen LogP contribution in [0.5, 0.6) is 0 Å². The molecule has 3 heteroatoms. The molecule has 0 atom stereocenters. The molecule has 0 aliphatic rings. The predicted octanol–water partition coefficient (Wildman–Crippen LogP) is 8.34. The lowest BCUT2D eigenvalue weighted by Gasteiger charge is -2.19. The Morgan fingerprint density at radius 2 is 0.857 bits per heavy atom. The van der Waals surface area contributed by atoms with Crippen molar-refractivity contribution in [3.05, 3.63) is 160 Å². The molecule has 0 N–H and O–H groups in total. The van der Waals surface area contributed by atoms with E-state index in [1.54, 1.807) is 0 Å². The lowest BCUT2D eigenvalue weighted by Crippen LogP contribution is -2.20. The number of hydrogen-bond acceptors (Lipinski definition) is 0. The third-order valence-electron chi connectivity index (χ3n) is 5.80. The Balaban J connectivity index is 1.55. The molecular weight excluding hydrogens is 486 g/mol. The number of rotatable bonds is 6. The third kappa shape index (κ3) is 5.75. The molecule has 0 bridgehead atoms. The van der Waals surface area contributed by atoms with Gasteiger partial charge in [0.1, 0.15) is 0 Å². The van der Waals surface area contributed by atoms with Gasteiger partial charge < -0.3 is 0 Å². The Hall–Kier alpha value is -3.15. The maximum Gasteiger partial charge on any atom is 0.0406 e. The highest BCUT2D eigenvalue weighted by Gasteiger charge is 2.16. The fourth-order valence-electron chi connectivity index (χ4n) is 4.08. The molecule has 0 aromatic heterocycles. The summed E-state index contributed by atoms with van der Waals surface area (Å²) in [5.74, 6) is 0. The van der Waals surface area contributed by atoms with Gasteiger partial charge in [0, 0.05) is 10.0 Å². The Labute approximate surface area is 218 Å². The van der Waals surface area contributed by atoms with Gasteiger partial charge >= 0.3 is 0 Å². The monoisotopic (exact) mass is 508 g/mol. The number of hydrogen-bond donors (Lipinski definition) is 0. The van der Waals surface area contributed by atoms with Crippen LogP contribution in [0.3, 0.4) is 0 Å². The van der Waals surface area contributed by atoms with E-state index in [2.05, 4.69) is 115 Å². The fourth-order valence-corrected chi connectivity index (χ4v) is 6.61. The average molecular weight is 509 g/mol. The summed E-state index contributed by atoms with van der Waals surface area (Å²) in [6, 6.07) is 46.4. The molecule has 0 heterocycles. The summed E-state index contributed by atoms with van der Waals surface area (Å²) in [4.78, 5) is 0. The lowest BCUT2D eigenvalue weighted by molar-refractivity contribution is 1.55. The summed E-state index contributed by atoms with van der Waals surface area (Å²) in [5, 5.41) is 5.47. The topological polar surface area (TPSA) is 0 Å². The van der Waals surface area contributed by atoms with E-state index in [1.165, 1.54) is 15.9 Å². The number of halogens is 2. The van der Waals surface area contributed by atoms with Gasteiger partial charge in [-0.15, -0.1) is 0 Å². The second-order valence-corrected chi connectivity index (χ2v) is 11.3. The molecule has 0 saturated heterocycles. The van der Waals surface area contributed by atoms with E-state index >= 15 is 0 Å². The fraction of sp³-hybridized carbons (Fsp3) is 0. The quantitative estimate of drug-likeness (QED) is 0.159. The van der Waals surface area contributed by atoms with Crippen LogP contribution in [0, 0.1) is 0 Å².